The van der Waals surface area contributed by atoms with Gasteiger partial charge in [0.05, 0.1) is 6.07 Å². The summed E-state index contributed by atoms with van der Waals surface area (Å²) in [4.78, 5) is 0. The molecule has 3 heteroatoms. The topological polar surface area (TPSA) is 36.9 Å². The zero-order chi connectivity index (χ0) is 7.40. The molecule has 1 aromatic heterocycles. The quantitative estimate of drug-likeness (QED) is 0.562. The van der Waals surface area contributed by atoms with Crippen molar-refractivity contribution in [3.05, 3.63) is 27.7 Å². The zero-order valence-corrected chi connectivity index (χ0v) is 7.20. The van der Waals surface area contributed by atoms with Gasteiger partial charge >= 0.3 is 0 Å². The monoisotopic (exact) mass is 245 g/mol. The van der Waals surface area contributed by atoms with Gasteiger partial charge in [-0.15, -0.1) is 0 Å². The van der Waals surface area contributed by atoms with Crippen molar-refractivity contribution in [2.75, 3.05) is 0 Å². The SMILES string of the molecule is N#CC=Cc1ccc(I)o1. The van der Waals surface area contributed by atoms with Gasteiger partial charge in [-0.25, -0.2) is 0 Å². The van der Waals surface area contributed by atoms with Crippen LogP contribution >= 0.6 is 22.6 Å². The normalized spacial score (nSPS) is 10.0. The Hall–Kier alpha value is -0.760. The second-order valence-corrected chi connectivity index (χ2v) is 2.67. The predicted molar refractivity (Wildman–Crippen MR) is 46.1 cm³/mol. The molecule has 0 aliphatic carbocycles. The first-order valence-electron chi connectivity index (χ1n) is 2.64. The van der Waals surface area contributed by atoms with Crippen LogP contribution in [0.15, 0.2) is 22.6 Å². The number of nitriles is 1. The second-order valence-electron chi connectivity index (χ2n) is 1.60. The number of nitrogens with zero attached hydrogens (tertiary/aromatic N) is 1. The van der Waals surface area contributed by atoms with Crippen LogP contribution in [0.4, 0.5) is 0 Å². The third-order valence-corrected chi connectivity index (χ3v) is 1.50. The highest BCUT2D eigenvalue weighted by Gasteiger charge is 1.91. The van der Waals surface area contributed by atoms with Gasteiger partial charge in [-0.3, -0.25) is 0 Å². The van der Waals surface area contributed by atoms with Gasteiger partial charge in [0.15, 0.2) is 3.77 Å². The summed E-state index contributed by atoms with van der Waals surface area (Å²) in [6.45, 7) is 0. The van der Waals surface area contributed by atoms with Gasteiger partial charge in [-0.05, 0) is 40.8 Å². The van der Waals surface area contributed by atoms with Crippen molar-refractivity contribution < 1.29 is 4.42 Å². The van der Waals surface area contributed by atoms with E-state index in [0.717, 1.165) is 3.77 Å². The van der Waals surface area contributed by atoms with E-state index in [1.807, 2.05) is 18.2 Å². The Morgan fingerprint density at radius 3 is 2.90 bits per heavy atom. The van der Waals surface area contributed by atoms with Crippen LogP contribution in [-0.2, 0) is 0 Å². The highest BCUT2D eigenvalue weighted by Crippen LogP contribution is 2.10. The molecule has 0 aliphatic heterocycles. The minimum absolute atomic E-state index is 0.714. The molecule has 0 amide bonds. The van der Waals surface area contributed by atoms with E-state index in [0.29, 0.717) is 5.76 Å². The Labute approximate surface area is 72.3 Å². The summed E-state index contributed by atoms with van der Waals surface area (Å²) in [5.74, 6) is 0.714. The molecule has 0 atom stereocenters. The van der Waals surface area contributed by atoms with Crippen molar-refractivity contribution >= 4 is 28.7 Å². The lowest BCUT2D eigenvalue weighted by atomic mass is 10.4. The zero-order valence-electron chi connectivity index (χ0n) is 5.04. The molecule has 0 N–H and O–H groups in total. The van der Waals surface area contributed by atoms with Crippen molar-refractivity contribution in [3.8, 4) is 6.07 Å². The molecule has 0 unspecified atom stereocenters. The number of hydrogen-bond acceptors (Lipinski definition) is 2. The Morgan fingerprint density at radius 1 is 1.60 bits per heavy atom. The first-order chi connectivity index (χ1) is 4.83. The molecular weight excluding hydrogens is 241 g/mol. The summed E-state index contributed by atoms with van der Waals surface area (Å²) in [6, 6.07) is 5.54. The van der Waals surface area contributed by atoms with Crippen LogP contribution in [-0.4, -0.2) is 0 Å². The lowest BCUT2D eigenvalue weighted by molar-refractivity contribution is 0.528. The summed E-state index contributed by atoms with van der Waals surface area (Å²) >= 11 is 2.07. The molecular formula is C7H4INO. The first-order valence-corrected chi connectivity index (χ1v) is 3.72. The Bertz CT molecular complexity index is 282. The summed E-state index contributed by atoms with van der Waals surface area (Å²) in [6.07, 6.45) is 3.01. The van der Waals surface area contributed by atoms with Crippen LogP contribution in [0.25, 0.3) is 6.08 Å². The van der Waals surface area contributed by atoms with Gasteiger partial charge in [0.25, 0.3) is 0 Å². The van der Waals surface area contributed by atoms with E-state index in [1.54, 1.807) is 6.08 Å². The number of rotatable bonds is 1. The summed E-state index contributed by atoms with van der Waals surface area (Å²) in [5.41, 5.74) is 0. The van der Waals surface area contributed by atoms with Crippen molar-refractivity contribution in [3.63, 3.8) is 0 Å². The molecule has 0 saturated carbocycles. The van der Waals surface area contributed by atoms with E-state index >= 15 is 0 Å². The molecule has 0 fully saturated rings. The molecule has 2 nitrogen and oxygen atoms in total. The Balaban J connectivity index is 2.78. The van der Waals surface area contributed by atoms with Crippen LogP contribution in [0.3, 0.4) is 0 Å². The van der Waals surface area contributed by atoms with Gasteiger partial charge in [0.1, 0.15) is 5.76 Å². The van der Waals surface area contributed by atoms with Crippen molar-refractivity contribution in [2.24, 2.45) is 0 Å². The Morgan fingerprint density at radius 2 is 2.40 bits per heavy atom. The fourth-order valence-corrected chi connectivity index (χ4v) is 0.971. The van der Waals surface area contributed by atoms with Gasteiger partial charge < -0.3 is 4.42 Å². The minimum atomic E-state index is 0.714. The second kappa shape index (κ2) is 3.42. The van der Waals surface area contributed by atoms with Crippen LogP contribution < -0.4 is 0 Å². The third-order valence-electron chi connectivity index (χ3n) is 0.916. The van der Waals surface area contributed by atoms with Gasteiger partial charge in [-0.2, -0.15) is 5.26 Å². The van der Waals surface area contributed by atoms with Crippen LogP contribution in [0, 0.1) is 15.1 Å². The number of furan rings is 1. The van der Waals surface area contributed by atoms with Gasteiger partial charge in [0, 0.05) is 6.08 Å². The van der Waals surface area contributed by atoms with Crippen molar-refractivity contribution in [1.82, 2.24) is 0 Å². The molecule has 10 heavy (non-hydrogen) atoms. The average Bonchev–Trinajstić information content (AvgIpc) is 2.31. The van der Waals surface area contributed by atoms with Gasteiger partial charge in [-0.1, -0.05) is 0 Å². The maximum atomic E-state index is 8.15. The molecule has 1 rings (SSSR count). The van der Waals surface area contributed by atoms with Gasteiger partial charge in [0.2, 0.25) is 0 Å². The fraction of sp³-hybridized carbons (Fsp3) is 0. The highest BCUT2D eigenvalue weighted by molar-refractivity contribution is 14.1. The lowest BCUT2D eigenvalue weighted by Crippen LogP contribution is -1.57. The van der Waals surface area contributed by atoms with Crippen LogP contribution in [0.2, 0.25) is 0 Å². The standard InChI is InChI=1S/C7H4INO/c8-7-4-3-6(10-7)2-1-5-9/h1-4H. The smallest absolute Gasteiger partial charge is 0.164 e. The number of hydrogen-bond donors (Lipinski definition) is 0. The molecule has 1 heterocycles. The minimum Gasteiger partial charge on any atom is -0.451 e. The molecule has 0 bridgehead atoms. The van der Waals surface area contributed by atoms with E-state index in [2.05, 4.69) is 22.6 Å². The fourth-order valence-electron chi connectivity index (χ4n) is 0.537. The number of allylic oxidation sites excluding steroid dienone is 1. The van der Waals surface area contributed by atoms with E-state index in [1.165, 1.54) is 6.08 Å². The molecule has 0 aliphatic rings. The van der Waals surface area contributed by atoms with Crippen LogP contribution in [0.1, 0.15) is 5.76 Å². The van der Waals surface area contributed by atoms with E-state index < -0.39 is 0 Å². The molecule has 50 valence electrons. The molecule has 0 aromatic carbocycles. The molecule has 0 radical (unpaired) electrons. The van der Waals surface area contributed by atoms with Crippen molar-refractivity contribution in [2.45, 2.75) is 0 Å². The summed E-state index contributed by atoms with van der Waals surface area (Å²) in [5, 5.41) is 8.15. The summed E-state index contributed by atoms with van der Waals surface area (Å²) in [7, 11) is 0. The number of halogens is 1. The molecule has 0 spiro atoms. The molecule has 0 saturated heterocycles. The summed E-state index contributed by atoms with van der Waals surface area (Å²) < 4.78 is 5.96. The largest absolute Gasteiger partial charge is 0.451 e. The highest BCUT2D eigenvalue weighted by atomic mass is 127. The third kappa shape index (κ3) is 1.88. The Kier molecular flexibility index (Phi) is 2.51. The van der Waals surface area contributed by atoms with Crippen LogP contribution in [0.5, 0.6) is 0 Å². The maximum absolute atomic E-state index is 8.15. The van der Waals surface area contributed by atoms with E-state index in [9.17, 15) is 0 Å². The van der Waals surface area contributed by atoms with Crippen molar-refractivity contribution in [1.29, 1.82) is 5.26 Å². The predicted octanol–water partition coefficient (Wildman–Crippen LogP) is 2.42. The van der Waals surface area contributed by atoms with E-state index in [-0.39, 0.29) is 0 Å². The maximum Gasteiger partial charge on any atom is 0.164 e. The molecule has 1 aromatic rings. The van der Waals surface area contributed by atoms with E-state index in [4.69, 9.17) is 9.68 Å². The average molecular weight is 245 g/mol. The lowest BCUT2D eigenvalue weighted by Gasteiger charge is -1.78. The first kappa shape index (κ1) is 7.35.